The third kappa shape index (κ3) is 2.94. The molecule has 0 saturated carbocycles. The van der Waals surface area contributed by atoms with Crippen LogP contribution in [0, 0.1) is 13.8 Å². The number of imidazole rings is 1. The normalized spacial score (nSPS) is 10.8. The number of hydrogen-bond donors (Lipinski definition) is 1. The van der Waals surface area contributed by atoms with Gasteiger partial charge in [0.05, 0.1) is 12.2 Å². The topological polar surface area (TPSA) is 46.4 Å². The molecule has 0 aliphatic rings. The Morgan fingerprint density at radius 2 is 1.90 bits per heavy atom. The summed E-state index contributed by atoms with van der Waals surface area (Å²) in [5, 5.41) is 2.90. The van der Waals surface area contributed by atoms with Gasteiger partial charge in [0, 0.05) is 18.0 Å². The van der Waals surface area contributed by atoms with Gasteiger partial charge in [0.1, 0.15) is 5.65 Å². The molecule has 0 aliphatic heterocycles. The molecule has 0 atom stereocenters. The van der Waals surface area contributed by atoms with E-state index in [1.807, 2.05) is 67.0 Å². The first-order chi connectivity index (χ1) is 10.1. The van der Waals surface area contributed by atoms with Gasteiger partial charge in [-0.15, -0.1) is 0 Å². The van der Waals surface area contributed by atoms with E-state index in [2.05, 4.69) is 10.3 Å². The second kappa shape index (κ2) is 5.40. The van der Waals surface area contributed by atoms with Crippen molar-refractivity contribution >= 4 is 11.6 Å². The average Bonchev–Trinajstić information content (AvgIpc) is 2.87. The van der Waals surface area contributed by atoms with Gasteiger partial charge in [0.15, 0.2) is 0 Å². The van der Waals surface area contributed by atoms with Crippen LogP contribution in [0.3, 0.4) is 0 Å². The highest BCUT2D eigenvalue weighted by Crippen LogP contribution is 2.08. The van der Waals surface area contributed by atoms with Crippen molar-refractivity contribution in [2.45, 2.75) is 20.4 Å². The fraction of sp³-hybridized carbons (Fsp3) is 0.176. The molecule has 0 spiro atoms. The van der Waals surface area contributed by atoms with Gasteiger partial charge >= 0.3 is 0 Å². The smallest absolute Gasteiger partial charge is 0.251 e. The summed E-state index contributed by atoms with van der Waals surface area (Å²) >= 11 is 0. The van der Waals surface area contributed by atoms with Crippen LogP contribution in [-0.4, -0.2) is 15.3 Å². The number of pyridine rings is 1. The van der Waals surface area contributed by atoms with E-state index in [9.17, 15) is 4.79 Å². The summed E-state index contributed by atoms with van der Waals surface area (Å²) in [4.78, 5) is 16.6. The molecule has 1 amide bonds. The summed E-state index contributed by atoms with van der Waals surface area (Å²) in [6, 6.07) is 11.6. The van der Waals surface area contributed by atoms with Crippen LogP contribution in [0.2, 0.25) is 0 Å². The van der Waals surface area contributed by atoms with E-state index in [4.69, 9.17) is 0 Å². The molecule has 1 N–H and O–H groups in total. The number of aryl methyl sites for hydroxylation is 2. The molecule has 0 aliphatic carbocycles. The van der Waals surface area contributed by atoms with Crippen LogP contribution >= 0.6 is 0 Å². The molecule has 0 saturated heterocycles. The number of fused-ring (bicyclic) bond motifs is 1. The van der Waals surface area contributed by atoms with Crippen LogP contribution in [-0.2, 0) is 6.54 Å². The second-order valence-electron chi connectivity index (χ2n) is 5.25. The minimum absolute atomic E-state index is 0.0803. The molecule has 2 aromatic heterocycles. The Balaban J connectivity index is 1.71. The van der Waals surface area contributed by atoms with Gasteiger partial charge in [-0.25, -0.2) is 4.98 Å². The minimum Gasteiger partial charge on any atom is -0.346 e. The molecule has 0 bridgehead atoms. The highest BCUT2D eigenvalue weighted by molar-refractivity contribution is 5.94. The zero-order valence-corrected chi connectivity index (χ0v) is 12.1. The van der Waals surface area contributed by atoms with Crippen molar-refractivity contribution in [3.63, 3.8) is 0 Å². The number of nitrogens with zero attached hydrogens (tertiary/aromatic N) is 2. The number of carbonyl (C=O) groups is 1. The molecule has 3 rings (SSSR count). The molecule has 0 radical (unpaired) electrons. The molecule has 2 heterocycles. The van der Waals surface area contributed by atoms with Crippen LogP contribution in [0.15, 0.2) is 48.8 Å². The third-order valence-electron chi connectivity index (χ3n) is 3.41. The molecule has 1 aromatic carbocycles. The Labute approximate surface area is 123 Å². The van der Waals surface area contributed by atoms with E-state index in [0.717, 1.165) is 16.9 Å². The maximum Gasteiger partial charge on any atom is 0.251 e. The Kier molecular flexibility index (Phi) is 3.44. The maximum absolute atomic E-state index is 12.1. The minimum atomic E-state index is -0.0803. The first-order valence-corrected chi connectivity index (χ1v) is 6.91. The average molecular weight is 279 g/mol. The van der Waals surface area contributed by atoms with Crippen LogP contribution in [0.5, 0.6) is 0 Å². The SMILES string of the molecule is Cc1ccc(C(=O)NCc2cn3ccc(C)cc3n2)cc1. The molecule has 0 fully saturated rings. The van der Waals surface area contributed by atoms with Crippen LogP contribution < -0.4 is 5.32 Å². The molecule has 4 nitrogen and oxygen atoms in total. The quantitative estimate of drug-likeness (QED) is 0.801. The number of aromatic nitrogens is 2. The lowest BCUT2D eigenvalue weighted by molar-refractivity contribution is 0.0950. The van der Waals surface area contributed by atoms with E-state index >= 15 is 0 Å². The van der Waals surface area contributed by atoms with Gasteiger partial charge in [-0.05, 0) is 43.7 Å². The number of benzene rings is 1. The first-order valence-electron chi connectivity index (χ1n) is 6.91. The molecular weight excluding hydrogens is 262 g/mol. The van der Waals surface area contributed by atoms with Crippen LogP contribution in [0.4, 0.5) is 0 Å². The van der Waals surface area contributed by atoms with Gasteiger partial charge in [-0.1, -0.05) is 17.7 Å². The lowest BCUT2D eigenvalue weighted by atomic mass is 10.1. The summed E-state index contributed by atoms with van der Waals surface area (Å²) in [5.41, 5.74) is 4.72. The van der Waals surface area contributed by atoms with Crippen molar-refractivity contribution in [1.29, 1.82) is 0 Å². The number of hydrogen-bond acceptors (Lipinski definition) is 2. The Morgan fingerprint density at radius 1 is 1.14 bits per heavy atom. The monoisotopic (exact) mass is 279 g/mol. The zero-order valence-electron chi connectivity index (χ0n) is 12.1. The fourth-order valence-corrected chi connectivity index (χ4v) is 2.20. The standard InChI is InChI=1S/C17H17N3O/c1-12-3-5-14(6-4-12)17(21)18-10-15-11-20-8-7-13(2)9-16(20)19-15/h3-9,11H,10H2,1-2H3,(H,18,21). The predicted molar refractivity (Wildman–Crippen MR) is 82.3 cm³/mol. The van der Waals surface area contributed by atoms with Gasteiger partial charge in [0.25, 0.3) is 5.91 Å². The summed E-state index contributed by atoms with van der Waals surface area (Å²) in [7, 11) is 0. The predicted octanol–water partition coefficient (Wildman–Crippen LogP) is 2.88. The molecule has 4 heteroatoms. The van der Waals surface area contributed by atoms with Gasteiger partial charge in [-0.3, -0.25) is 4.79 Å². The van der Waals surface area contributed by atoms with E-state index in [1.54, 1.807) is 0 Å². The number of amides is 1. The summed E-state index contributed by atoms with van der Waals surface area (Å²) in [6.07, 6.45) is 3.91. The third-order valence-corrected chi connectivity index (χ3v) is 3.41. The molecule has 3 aromatic rings. The first kappa shape index (κ1) is 13.4. The van der Waals surface area contributed by atoms with Crippen molar-refractivity contribution in [2.75, 3.05) is 0 Å². The van der Waals surface area contributed by atoms with Crippen molar-refractivity contribution in [1.82, 2.24) is 14.7 Å². The molecule has 21 heavy (non-hydrogen) atoms. The molecule has 106 valence electrons. The van der Waals surface area contributed by atoms with Crippen LogP contribution in [0.25, 0.3) is 5.65 Å². The summed E-state index contributed by atoms with van der Waals surface area (Å²) in [6.45, 7) is 4.46. The van der Waals surface area contributed by atoms with Gasteiger partial charge in [-0.2, -0.15) is 0 Å². The number of rotatable bonds is 3. The van der Waals surface area contributed by atoms with E-state index in [1.165, 1.54) is 5.56 Å². The van der Waals surface area contributed by atoms with E-state index in [0.29, 0.717) is 12.1 Å². The molecular formula is C17H17N3O. The lowest BCUT2D eigenvalue weighted by Gasteiger charge is -2.03. The summed E-state index contributed by atoms with van der Waals surface area (Å²) < 4.78 is 1.96. The summed E-state index contributed by atoms with van der Waals surface area (Å²) in [5.74, 6) is -0.0803. The lowest BCUT2D eigenvalue weighted by Crippen LogP contribution is -2.22. The highest BCUT2D eigenvalue weighted by atomic mass is 16.1. The Morgan fingerprint density at radius 3 is 2.67 bits per heavy atom. The Hall–Kier alpha value is -2.62. The van der Waals surface area contributed by atoms with Gasteiger partial charge in [0.2, 0.25) is 0 Å². The van der Waals surface area contributed by atoms with Crippen molar-refractivity contribution in [2.24, 2.45) is 0 Å². The highest BCUT2D eigenvalue weighted by Gasteiger charge is 2.07. The largest absolute Gasteiger partial charge is 0.346 e. The number of carbonyl (C=O) groups excluding carboxylic acids is 1. The van der Waals surface area contributed by atoms with Crippen molar-refractivity contribution < 1.29 is 4.79 Å². The number of nitrogens with one attached hydrogen (secondary N) is 1. The van der Waals surface area contributed by atoms with E-state index in [-0.39, 0.29) is 5.91 Å². The van der Waals surface area contributed by atoms with Crippen molar-refractivity contribution in [3.8, 4) is 0 Å². The van der Waals surface area contributed by atoms with E-state index < -0.39 is 0 Å². The second-order valence-corrected chi connectivity index (χ2v) is 5.25. The zero-order chi connectivity index (χ0) is 14.8. The maximum atomic E-state index is 12.1. The Bertz CT molecular complexity index is 787. The molecule has 0 unspecified atom stereocenters. The fourth-order valence-electron chi connectivity index (χ4n) is 2.20. The van der Waals surface area contributed by atoms with Gasteiger partial charge < -0.3 is 9.72 Å². The van der Waals surface area contributed by atoms with Crippen molar-refractivity contribution in [3.05, 3.63) is 71.2 Å². The van der Waals surface area contributed by atoms with Crippen LogP contribution in [0.1, 0.15) is 27.2 Å².